The van der Waals surface area contributed by atoms with Crippen molar-refractivity contribution >= 4 is 17.3 Å². The van der Waals surface area contributed by atoms with Crippen LogP contribution in [0.4, 0.5) is 20.4 Å². The molecule has 1 unspecified atom stereocenters. The fraction of sp³-hybridized carbons (Fsp3) is 0.304. The highest BCUT2D eigenvalue weighted by molar-refractivity contribution is 5.85. The Morgan fingerprint density at radius 3 is 3.00 bits per heavy atom. The number of nitrogen functional groups attached to an aromatic ring is 1. The summed E-state index contributed by atoms with van der Waals surface area (Å²) in [6.45, 7) is 3.12. The molecule has 0 spiro atoms. The van der Waals surface area contributed by atoms with Crippen LogP contribution in [0.15, 0.2) is 42.7 Å². The fourth-order valence-electron chi connectivity index (χ4n) is 4.07. The van der Waals surface area contributed by atoms with E-state index in [4.69, 9.17) is 10.5 Å². The molecule has 0 bridgehead atoms. The molecular formula is C23H30F2N8O. The first-order chi connectivity index (χ1) is 16.5. The third-order valence-electron chi connectivity index (χ3n) is 5.75. The number of hydrogen-bond acceptors (Lipinski definition) is 8. The van der Waals surface area contributed by atoms with Gasteiger partial charge in [0.05, 0.1) is 17.3 Å². The number of rotatable bonds is 7. The van der Waals surface area contributed by atoms with Gasteiger partial charge in [0.1, 0.15) is 24.1 Å². The summed E-state index contributed by atoms with van der Waals surface area (Å²) >= 11 is 0. The minimum Gasteiger partial charge on any atom is -0.462 e. The van der Waals surface area contributed by atoms with Gasteiger partial charge in [0.15, 0.2) is 11.5 Å². The van der Waals surface area contributed by atoms with Gasteiger partial charge >= 0.3 is 6.01 Å². The summed E-state index contributed by atoms with van der Waals surface area (Å²) in [4.78, 5) is 13.4. The van der Waals surface area contributed by atoms with E-state index in [2.05, 4.69) is 30.7 Å². The van der Waals surface area contributed by atoms with Gasteiger partial charge in [0, 0.05) is 40.4 Å². The zero-order valence-corrected chi connectivity index (χ0v) is 18.5. The molecule has 0 radical (unpaired) electrons. The van der Waals surface area contributed by atoms with E-state index in [1.165, 1.54) is 12.1 Å². The van der Waals surface area contributed by atoms with Gasteiger partial charge in [-0.1, -0.05) is 6.07 Å². The Morgan fingerprint density at radius 1 is 1.32 bits per heavy atom. The summed E-state index contributed by atoms with van der Waals surface area (Å²) in [6.07, 6.45) is 5.48. The quantitative estimate of drug-likeness (QED) is 0.368. The molecule has 4 heterocycles. The van der Waals surface area contributed by atoms with Crippen LogP contribution in [0.25, 0.3) is 16.9 Å². The normalized spacial score (nSPS) is 16.6. The summed E-state index contributed by atoms with van der Waals surface area (Å²) in [7, 11) is 0. The van der Waals surface area contributed by atoms with Crippen LogP contribution < -0.4 is 21.1 Å². The monoisotopic (exact) mass is 472 g/mol. The molecule has 1 aliphatic heterocycles. The molecule has 3 aromatic heterocycles. The third kappa shape index (κ3) is 4.46. The number of hydrogen-bond donors (Lipinski definition) is 3. The Balaban J connectivity index is 0.00000160. The molecule has 9 nitrogen and oxygen atoms in total. The number of fused-ring (bicyclic) bond motifs is 1. The number of nitrogens with one attached hydrogen (secondary N) is 2. The molecule has 5 rings (SSSR count). The standard InChI is InChI=1S/C23H24F2N8O.3H2/c1-13(16-6-5-14(24)10-17(16)25)29-19-11-18(20-21(26)32-33-9-3-8-28-22(20)33)30-23(31-19)34-12-15-4-2-7-27-15;;;/h3,5-6,8-11,13,15,27H,2,4,7,12H2,1H3,(H2,26,32)(H,29,30,31);3*1H/t13-,15?;;;/m0.../s1. The molecule has 1 aliphatic rings. The second kappa shape index (κ2) is 9.18. The predicted octanol–water partition coefficient (Wildman–Crippen LogP) is 4.09. The highest BCUT2D eigenvalue weighted by Gasteiger charge is 2.21. The molecule has 0 aliphatic carbocycles. The lowest BCUT2D eigenvalue weighted by molar-refractivity contribution is 0.257. The Labute approximate surface area is 198 Å². The number of ether oxygens (including phenoxy) is 1. The zero-order valence-electron chi connectivity index (χ0n) is 18.5. The van der Waals surface area contributed by atoms with Crippen molar-refractivity contribution in [2.75, 3.05) is 24.2 Å². The summed E-state index contributed by atoms with van der Waals surface area (Å²) in [6, 6.07) is 6.77. The number of benzene rings is 1. The van der Waals surface area contributed by atoms with E-state index >= 15 is 0 Å². The Bertz CT molecular complexity index is 1340. The molecule has 4 N–H and O–H groups in total. The van der Waals surface area contributed by atoms with E-state index in [-0.39, 0.29) is 22.2 Å². The summed E-state index contributed by atoms with van der Waals surface area (Å²) in [5.74, 6) is -0.631. The van der Waals surface area contributed by atoms with E-state index in [0.29, 0.717) is 34.9 Å². The van der Waals surface area contributed by atoms with Crippen LogP contribution in [0, 0.1) is 11.6 Å². The van der Waals surface area contributed by atoms with E-state index in [1.807, 2.05) is 0 Å². The molecule has 1 saturated heterocycles. The lowest BCUT2D eigenvalue weighted by atomic mass is 10.1. The predicted molar refractivity (Wildman–Crippen MR) is 130 cm³/mol. The van der Waals surface area contributed by atoms with Gasteiger partial charge in [-0.25, -0.2) is 18.3 Å². The van der Waals surface area contributed by atoms with Gasteiger partial charge in [0.2, 0.25) is 0 Å². The van der Waals surface area contributed by atoms with Gasteiger partial charge in [-0.15, -0.1) is 5.10 Å². The lowest BCUT2D eigenvalue weighted by Gasteiger charge is -2.17. The van der Waals surface area contributed by atoms with E-state index in [0.717, 1.165) is 25.5 Å². The number of nitrogens with two attached hydrogens (primary N) is 1. The van der Waals surface area contributed by atoms with Crippen LogP contribution in [-0.2, 0) is 0 Å². The van der Waals surface area contributed by atoms with Crippen molar-refractivity contribution in [1.82, 2.24) is 29.9 Å². The Kier molecular flexibility index (Phi) is 5.93. The van der Waals surface area contributed by atoms with Crippen molar-refractivity contribution in [3.63, 3.8) is 0 Å². The minimum atomic E-state index is -0.644. The topological polar surface area (TPSA) is 115 Å². The van der Waals surface area contributed by atoms with Gasteiger partial charge in [-0.2, -0.15) is 9.97 Å². The molecule has 2 atom stereocenters. The third-order valence-corrected chi connectivity index (χ3v) is 5.75. The number of halogens is 2. The van der Waals surface area contributed by atoms with Crippen molar-refractivity contribution in [2.45, 2.75) is 31.8 Å². The average Bonchev–Trinajstić information content (AvgIpc) is 3.44. The van der Waals surface area contributed by atoms with Gasteiger partial charge in [0.25, 0.3) is 0 Å². The van der Waals surface area contributed by atoms with Crippen molar-refractivity contribution in [3.05, 3.63) is 59.9 Å². The maximum atomic E-state index is 14.3. The van der Waals surface area contributed by atoms with E-state index in [9.17, 15) is 8.78 Å². The van der Waals surface area contributed by atoms with Crippen molar-refractivity contribution in [1.29, 1.82) is 0 Å². The zero-order chi connectivity index (χ0) is 23.7. The second-order valence-electron chi connectivity index (χ2n) is 8.21. The molecule has 1 aromatic carbocycles. The molecule has 0 saturated carbocycles. The number of aromatic nitrogens is 5. The maximum absolute atomic E-state index is 14.3. The summed E-state index contributed by atoms with van der Waals surface area (Å²) in [5, 5.41) is 10.8. The molecule has 4 aromatic rings. The van der Waals surface area contributed by atoms with Gasteiger partial charge < -0.3 is 21.1 Å². The molecule has 0 amide bonds. The Morgan fingerprint density at radius 2 is 2.21 bits per heavy atom. The molecular weight excluding hydrogens is 442 g/mol. The maximum Gasteiger partial charge on any atom is 0.318 e. The molecule has 182 valence electrons. The first kappa shape index (κ1) is 22.0. The second-order valence-corrected chi connectivity index (χ2v) is 8.21. The molecule has 1 fully saturated rings. The van der Waals surface area contributed by atoms with Crippen LogP contribution in [0.1, 0.15) is 35.7 Å². The fourth-order valence-corrected chi connectivity index (χ4v) is 4.07. The summed E-state index contributed by atoms with van der Waals surface area (Å²) < 4.78 is 35.2. The minimum absolute atomic E-state index is 0. The van der Waals surface area contributed by atoms with E-state index < -0.39 is 17.7 Å². The van der Waals surface area contributed by atoms with Crippen LogP contribution in [-0.4, -0.2) is 43.8 Å². The Hall–Kier alpha value is -3.86. The number of nitrogens with zero attached hydrogens (tertiary/aromatic N) is 5. The highest BCUT2D eigenvalue weighted by atomic mass is 19.1. The largest absolute Gasteiger partial charge is 0.462 e. The van der Waals surface area contributed by atoms with Crippen LogP contribution in [0.2, 0.25) is 0 Å². The SMILES string of the molecule is C[C@H](Nc1cc(-c2c(N)nn3cccnc23)nc(OCC2CCCN2)n1)c1ccc(F)cc1F.[HH].[HH].[HH]. The van der Waals surface area contributed by atoms with Crippen LogP contribution >= 0.6 is 0 Å². The molecule has 11 heteroatoms. The molecule has 34 heavy (non-hydrogen) atoms. The highest BCUT2D eigenvalue weighted by Crippen LogP contribution is 2.31. The smallest absolute Gasteiger partial charge is 0.318 e. The average molecular weight is 473 g/mol. The van der Waals surface area contributed by atoms with Gasteiger partial charge in [-0.3, -0.25) is 0 Å². The first-order valence-corrected chi connectivity index (χ1v) is 11.0. The van der Waals surface area contributed by atoms with Gasteiger partial charge in [-0.05, 0) is 38.4 Å². The summed E-state index contributed by atoms with van der Waals surface area (Å²) in [5.41, 5.74) is 8.03. The number of anilines is 2. The lowest BCUT2D eigenvalue weighted by Crippen LogP contribution is -2.28. The first-order valence-electron chi connectivity index (χ1n) is 11.0. The van der Waals surface area contributed by atoms with Crippen LogP contribution in [0.3, 0.4) is 0 Å². The van der Waals surface area contributed by atoms with Crippen molar-refractivity contribution < 1.29 is 17.8 Å². The van der Waals surface area contributed by atoms with E-state index in [1.54, 1.807) is 36.0 Å². The van der Waals surface area contributed by atoms with Crippen LogP contribution in [0.5, 0.6) is 6.01 Å². The van der Waals surface area contributed by atoms with Crippen molar-refractivity contribution in [3.8, 4) is 17.3 Å². The van der Waals surface area contributed by atoms with Crippen molar-refractivity contribution in [2.24, 2.45) is 0 Å².